The Hall–Kier alpha value is -2.80. The van der Waals surface area contributed by atoms with Crippen LogP contribution >= 0.6 is 0 Å². The first-order valence-electron chi connectivity index (χ1n) is 31.7. The zero-order valence-electron chi connectivity index (χ0n) is 53.4. The van der Waals surface area contributed by atoms with Gasteiger partial charge in [-0.25, -0.2) is 0 Å². The van der Waals surface area contributed by atoms with Crippen LogP contribution in [0.3, 0.4) is 0 Å². The van der Waals surface area contributed by atoms with Gasteiger partial charge in [0, 0.05) is 51.2 Å². The molecule has 0 saturated carbocycles. The summed E-state index contributed by atoms with van der Waals surface area (Å²) in [5.74, 6) is -4.24. The number of carbonyl (C=O) groups excluding carboxylic acids is 3. The number of likely N-dealkylation sites (N-methyl/N-ethyl adjacent to an activating group) is 1. The Morgan fingerprint density at radius 1 is 0.738 bits per heavy atom. The second kappa shape index (κ2) is 39.3. The maximum Gasteiger partial charge on any atom is 0.308 e. The van der Waals surface area contributed by atoms with E-state index in [0.29, 0.717) is 18.4 Å². The van der Waals surface area contributed by atoms with E-state index in [4.69, 9.17) is 47.7 Å². The minimum atomic E-state index is -1.49. The lowest BCUT2D eigenvalue weighted by Gasteiger charge is -2.50. The third-order valence-electron chi connectivity index (χ3n) is 17.4. The third-order valence-corrected chi connectivity index (χ3v) is 17.4. The second-order valence-electron chi connectivity index (χ2n) is 24.8. The number of methoxy groups -OCH3 is 2. The number of hydrogen-bond acceptors (Lipinski definition) is 19. The van der Waals surface area contributed by atoms with Crippen LogP contribution < -0.4 is 0 Å². The van der Waals surface area contributed by atoms with Crippen molar-refractivity contribution in [3.63, 3.8) is 0 Å². The first-order chi connectivity index (χ1) is 39.8. The molecular weight excluding hydrogens is 1090 g/mol. The zero-order valence-corrected chi connectivity index (χ0v) is 53.4. The number of aldehydes is 1. The molecule has 0 radical (unpaired) electrons. The molecule has 4 aliphatic heterocycles. The third kappa shape index (κ3) is 24.6. The Balaban J connectivity index is 0.000000784. The Morgan fingerprint density at radius 3 is 1.83 bits per heavy atom. The molecule has 6 N–H and O–H groups in total. The van der Waals surface area contributed by atoms with Crippen LogP contribution in [-0.4, -0.2) is 198 Å². The van der Waals surface area contributed by atoms with Gasteiger partial charge in [0.25, 0.3) is 0 Å². The second-order valence-corrected chi connectivity index (χ2v) is 24.8. The van der Waals surface area contributed by atoms with Gasteiger partial charge in [-0.1, -0.05) is 135 Å². The number of nitrogens with zero attached hydrogens (tertiary/aromatic N) is 1. The molecule has 0 aromatic heterocycles. The van der Waals surface area contributed by atoms with Crippen LogP contribution in [-0.2, 0) is 61.8 Å². The molecule has 21 atom stereocenters. The minimum Gasteiger partial charge on any atom is -0.481 e. The summed E-state index contributed by atoms with van der Waals surface area (Å²) in [6.07, 6.45) is 11.7. The molecule has 488 valence electrons. The summed E-state index contributed by atoms with van der Waals surface area (Å²) >= 11 is 0. The van der Waals surface area contributed by atoms with E-state index in [1.54, 1.807) is 59.7 Å². The SMILES string of the molecule is CCCCCCCCCCCCCCCCCC(=O)O.CC[C@H]1OC(=O)C[C@@H](O)[C@H](C)[C@@H](O[C@@H]2O[C@H](C)[C@@H](O[C@H]3C[C@@](C)(O)[C@@H](O)[C@H](C)O3)[C@H](N(C)C)[C@H]2O)[C@@H](CC=O)C[C@@H](C)C(=O)/C=C/C(C)=C/C1CO[C@@H]1O[C@H](C)[C@@H](O)[C@@H](OC)[C@H]1OC. The lowest BCUT2D eigenvalue weighted by Crippen LogP contribution is -2.65. The number of aliphatic hydroxyl groups excluding tert-OH is 4. The number of esters is 1. The number of aliphatic carboxylic acids is 1. The van der Waals surface area contributed by atoms with Crippen molar-refractivity contribution in [2.24, 2.45) is 23.7 Å². The Morgan fingerprint density at radius 2 is 1.31 bits per heavy atom. The number of hydrogen-bond donors (Lipinski definition) is 6. The van der Waals surface area contributed by atoms with Gasteiger partial charge >= 0.3 is 11.9 Å². The Labute approximate surface area is 503 Å². The number of rotatable bonds is 29. The maximum absolute atomic E-state index is 13.8. The number of carbonyl (C=O) groups is 4. The van der Waals surface area contributed by atoms with E-state index in [0.717, 1.165) is 19.1 Å². The number of carboxylic acids is 1. The number of unbranched alkanes of at least 4 members (excludes halogenated alkanes) is 14. The lowest BCUT2D eigenvalue weighted by atomic mass is 9.79. The molecule has 3 saturated heterocycles. The molecular formula is C64H113NO19. The number of ether oxygens (including phenoxy) is 9. The average Bonchev–Trinajstić information content (AvgIpc) is 1.74. The molecule has 0 aromatic carbocycles. The van der Waals surface area contributed by atoms with Crippen molar-refractivity contribution in [2.75, 3.05) is 34.9 Å². The Kier molecular flexibility index (Phi) is 35.3. The summed E-state index contributed by atoms with van der Waals surface area (Å²) < 4.78 is 54.7. The van der Waals surface area contributed by atoms with Crippen LogP contribution in [0.4, 0.5) is 0 Å². The van der Waals surface area contributed by atoms with Gasteiger partial charge in [-0.2, -0.15) is 0 Å². The number of carboxylic acid groups (broad SMARTS) is 1. The predicted octanol–water partition coefficient (Wildman–Crippen LogP) is 8.17. The van der Waals surface area contributed by atoms with E-state index in [-0.39, 0.29) is 31.7 Å². The largest absolute Gasteiger partial charge is 0.481 e. The molecule has 0 aliphatic carbocycles. The van der Waals surface area contributed by atoms with Gasteiger partial charge in [0.15, 0.2) is 24.7 Å². The van der Waals surface area contributed by atoms with Crippen LogP contribution in [0.5, 0.6) is 0 Å². The highest BCUT2D eigenvalue weighted by Crippen LogP contribution is 2.38. The Bertz CT molecular complexity index is 1940. The summed E-state index contributed by atoms with van der Waals surface area (Å²) in [5, 5.41) is 64.3. The van der Waals surface area contributed by atoms with Gasteiger partial charge in [0.2, 0.25) is 0 Å². The van der Waals surface area contributed by atoms with Crippen LogP contribution in [0.1, 0.15) is 197 Å². The number of ketones is 1. The fourth-order valence-electron chi connectivity index (χ4n) is 12.2. The summed E-state index contributed by atoms with van der Waals surface area (Å²) in [5.41, 5.74) is -0.806. The maximum atomic E-state index is 13.8. The van der Waals surface area contributed by atoms with E-state index in [9.17, 15) is 44.7 Å². The minimum absolute atomic E-state index is 0.00788. The van der Waals surface area contributed by atoms with Gasteiger partial charge in [-0.15, -0.1) is 0 Å². The van der Waals surface area contributed by atoms with Crippen LogP contribution in [0.25, 0.3) is 0 Å². The smallest absolute Gasteiger partial charge is 0.308 e. The van der Waals surface area contributed by atoms with Gasteiger partial charge in [-0.05, 0) is 80.0 Å². The summed E-state index contributed by atoms with van der Waals surface area (Å²) in [7, 11) is 6.43. The van der Waals surface area contributed by atoms with Crippen molar-refractivity contribution in [3.8, 4) is 0 Å². The fourth-order valence-corrected chi connectivity index (χ4v) is 12.2. The monoisotopic (exact) mass is 1200 g/mol. The van der Waals surface area contributed by atoms with E-state index in [2.05, 4.69) is 6.92 Å². The molecule has 4 aliphatic rings. The standard InChI is InChI=1S/C46H77NO17.C18H36O2/c1-13-33-30(22-58-45-42(57-12)41(56-11)37(52)26(5)60-45)18-23(2)14-15-31(49)24(3)19-29(16-17-48)39(25(4)32(50)20-34(51)62-33)64-44-38(53)36(47(9)10)40(27(6)61-44)63-35-21-46(8,55)43(54)28(7)59-35;1-2-3-4-5-6-7-8-9-10-11-12-13-14-15-16-17-18(19)20/h14-15,17-18,24-30,32-33,35-45,50,52-55H,13,16,19-22H2,1-12H3;2-17H2,1H3,(H,19,20)/b15-14+,23-18+;/t24-,25+,26-,27-,28+,29+,30?,32-,33-,35+,36-,37-,38-,39-,40-,41-,42-,43+,44+,45-,46-;/m1./s1. The molecule has 0 amide bonds. The van der Waals surface area contributed by atoms with Gasteiger partial charge in [-0.3, -0.25) is 14.4 Å². The van der Waals surface area contributed by atoms with Gasteiger partial charge in [0.1, 0.15) is 49.0 Å². The molecule has 20 nitrogen and oxygen atoms in total. The zero-order chi connectivity index (χ0) is 62.7. The van der Waals surface area contributed by atoms with Crippen LogP contribution in [0, 0.1) is 23.7 Å². The molecule has 4 heterocycles. The molecule has 84 heavy (non-hydrogen) atoms. The van der Waals surface area contributed by atoms with Crippen molar-refractivity contribution >= 4 is 24.0 Å². The first kappa shape index (κ1) is 75.4. The van der Waals surface area contributed by atoms with Crippen molar-refractivity contribution in [1.82, 2.24) is 4.90 Å². The number of cyclic esters (lactones) is 1. The highest BCUT2D eigenvalue weighted by atomic mass is 16.7. The van der Waals surface area contributed by atoms with Gasteiger partial charge < -0.3 is 83.0 Å². The van der Waals surface area contributed by atoms with E-state index in [1.807, 2.05) is 19.9 Å². The molecule has 3 fully saturated rings. The number of aliphatic hydroxyl groups is 5. The van der Waals surface area contributed by atoms with Crippen molar-refractivity contribution in [2.45, 2.75) is 301 Å². The van der Waals surface area contributed by atoms with Crippen molar-refractivity contribution < 1.29 is 92.4 Å². The normalized spacial score (nSPS) is 37.6. The number of allylic oxidation sites excluding steroid dienone is 3. The molecule has 4 rings (SSSR count). The molecule has 0 spiro atoms. The predicted molar refractivity (Wildman–Crippen MR) is 318 cm³/mol. The average molecular weight is 1200 g/mol. The molecule has 0 bridgehead atoms. The van der Waals surface area contributed by atoms with Crippen molar-refractivity contribution in [1.29, 1.82) is 0 Å². The lowest BCUT2D eigenvalue weighted by molar-refractivity contribution is -0.341. The fraction of sp³-hybridized carbons (Fsp3) is 0.875. The van der Waals surface area contributed by atoms with E-state index < -0.39 is 146 Å². The molecule has 1 unspecified atom stereocenters. The van der Waals surface area contributed by atoms with Crippen molar-refractivity contribution in [3.05, 3.63) is 23.8 Å². The summed E-state index contributed by atoms with van der Waals surface area (Å²) in [6, 6.07) is -0.748. The topological polar surface area (TPSA) is 276 Å². The quantitative estimate of drug-likeness (QED) is 0.0234. The molecule has 0 aromatic rings. The van der Waals surface area contributed by atoms with E-state index >= 15 is 0 Å². The summed E-state index contributed by atoms with van der Waals surface area (Å²) in [6.45, 7) is 15.9. The van der Waals surface area contributed by atoms with Crippen LogP contribution in [0.15, 0.2) is 23.8 Å². The summed E-state index contributed by atoms with van der Waals surface area (Å²) in [4.78, 5) is 51.9. The van der Waals surface area contributed by atoms with Crippen LogP contribution in [0.2, 0.25) is 0 Å². The van der Waals surface area contributed by atoms with E-state index in [1.165, 1.54) is 111 Å². The van der Waals surface area contributed by atoms with Gasteiger partial charge in [0.05, 0.1) is 55.2 Å². The highest BCUT2D eigenvalue weighted by Gasteiger charge is 2.52. The first-order valence-corrected chi connectivity index (χ1v) is 31.7. The molecule has 20 heteroatoms. The highest BCUT2D eigenvalue weighted by molar-refractivity contribution is 5.91.